The lowest BCUT2D eigenvalue weighted by Crippen LogP contribution is -2.34. The number of nitrogens with zero attached hydrogens (tertiary/aromatic N) is 2. The van der Waals surface area contributed by atoms with E-state index < -0.39 is 0 Å². The van der Waals surface area contributed by atoms with Gasteiger partial charge in [-0.1, -0.05) is 13.0 Å². The van der Waals surface area contributed by atoms with Crippen LogP contribution in [0.2, 0.25) is 0 Å². The highest BCUT2D eigenvalue weighted by Crippen LogP contribution is 2.29. The highest BCUT2D eigenvalue weighted by atomic mass is 16.5. The Balaban J connectivity index is 2.62. The van der Waals surface area contributed by atoms with E-state index in [1.54, 1.807) is 13.3 Å². The van der Waals surface area contributed by atoms with Crippen molar-refractivity contribution in [1.29, 1.82) is 0 Å². The minimum atomic E-state index is 0.325. The molecule has 0 N–H and O–H groups in total. The Bertz CT molecular complexity index is 292. The second-order valence-electron chi connectivity index (χ2n) is 3.98. The van der Waals surface area contributed by atoms with Crippen LogP contribution >= 0.6 is 0 Å². The van der Waals surface area contributed by atoms with Crippen molar-refractivity contribution < 1.29 is 4.74 Å². The Hall–Kier alpha value is -1.12. The van der Waals surface area contributed by atoms with Crippen LogP contribution in [0.5, 0.6) is 0 Å². The minimum Gasteiger partial charge on any atom is -0.473 e. The van der Waals surface area contributed by atoms with Crippen molar-refractivity contribution in [3.63, 3.8) is 0 Å². The number of hydrogen-bond acceptors (Lipinski definition) is 3. The Kier molecular flexibility index (Phi) is 4.53. The van der Waals surface area contributed by atoms with E-state index in [-0.39, 0.29) is 0 Å². The second kappa shape index (κ2) is 5.69. The maximum atomic E-state index is 5.77. The van der Waals surface area contributed by atoms with E-state index in [0.717, 1.165) is 12.1 Å². The average Bonchev–Trinajstić information content (AvgIpc) is 2.23. The molecule has 84 valence electrons. The molecule has 15 heavy (non-hydrogen) atoms. The molecule has 0 radical (unpaired) electrons. The fourth-order valence-electron chi connectivity index (χ4n) is 1.40. The molecule has 0 aromatic heterocycles. The first-order chi connectivity index (χ1) is 7.17. The first kappa shape index (κ1) is 12.0. The number of ether oxygens (including phenoxy) is 1. The average molecular weight is 208 g/mol. The van der Waals surface area contributed by atoms with Crippen LogP contribution in [-0.2, 0) is 4.74 Å². The maximum absolute atomic E-state index is 5.77. The van der Waals surface area contributed by atoms with Gasteiger partial charge in [0.15, 0.2) is 0 Å². The molecule has 0 aliphatic heterocycles. The Morgan fingerprint density at radius 2 is 2.13 bits per heavy atom. The third kappa shape index (κ3) is 3.50. The summed E-state index contributed by atoms with van der Waals surface area (Å²) in [5.41, 5.74) is 0.955. The van der Waals surface area contributed by atoms with Crippen molar-refractivity contribution in [1.82, 2.24) is 0 Å². The van der Waals surface area contributed by atoms with E-state index in [2.05, 4.69) is 16.9 Å². The second-order valence-corrected chi connectivity index (χ2v) is 3.98. The van der Waals surface area contributed by atoms with Crippen molar-refractivity contribution in [3.8, 4) is 0 Å². The van der Waals surface area contributed by atoms with Gasteiger partial charge in [0, 0.05) is 12.7 Å². The van der Waals surface area contributed by atoms with Gasteiger partial charge in [-0.15, -0.1) is 0 Å². The number of hydrogen-bond donors (Lipinski definition) is 0. The fraction of sp³-hybridized carbons (Fsp3) is 0.667. The smallest absolute Gasteiger partial charge is 0.232 e. The Morgan fingerprint density at radius 1 is 1.40 bits per heavy atom. The molecule has 0 bridgehead atoms. The van der Waals surface area contributed by atoms with Crippen LogP contribution in [0.3, 0.4) is 0 Å². The molecule has 1 rings (SSSR count). The van der Waals surface area contributed by atoms with Crippen molar-refractivity contribution >= 4 is 12.1 Å². The van der Waals surface area contributed by atoms with Gasteiger partial charge in [-0.05, 0) is 32.6 Å². The van der Waals surface area contributed by atoms with Gasteiger partial charge < -0.3 is 4.74 Å². The van der Waals surface area contributed by atoms with Crippen LogP contribution in [0.25, 0.3) is 0 Å². The molecule has 0 heterocycles. The predicted molar refractivity (Wildman–Crippen MR) is 64.6 cm³/mol. The summed E-state index contributed by atoms with van der Waals surface area (Å²) in [5, 5.41) is 0. The van der Waals surface area contributed by atoms with Gasteiger partial charge in [-0.2, -0.15) is 0 Å². The summed E-state index contributed by atoms with van der Waals surface area (Å²) < 4.78 is 5.77. The molecular weight excluding hydrogens is 188 g/mol. The molecule has 2 atom stereocenters. The van der Waals surface area contributed by atoms with Gasteiger partial charge >= 0.3 is 0 Å². The van der Waals surface area contributed by atoms with E-state index in [9.17, 15) is 0 Å². The molecule has 1 fully saturated rings. The van der Waals surface area contributed by atoms with E-state index in [4.69, 9.17) is 4.74 Å². The molecule has 0 spiro atoms. The molecule has 2 unspecified atom stereocenters. The van der Waals surface area contributed by atoms with Gasteiger partial charge in [0.1, 0.15) is 6.10 Å². The van der Waals surface area contributed by atoms with Gasteiger partial charge in [0.25, 0.3) is 0 Å². The van der Waals surface area contributed by atoms with Crippen LogP contribution in [0.1, 0.15) is 33.6 Å². The molecule has 1 saturated carbocycles. The van der Waals surface area contributed by atoms with E-state index in [1.807, 2.05) is 19.9 Å². The van der Waals surface area contributed by atoms with E-state index >= 15 is 0 Å². The molecule has 1 aliphatic carbocycles. The molecule has 0 aromatic carbocycles. The van der Waals surface area contributed by atoms with E-state index in [1.165, 1.54) is 6.42 Å². The van der Waals surface area contributed by atoms with Gasteiger partial charge in [-0.3, -0.25) is 4.99 Å². The highest BCUT2D eigenvalue weighted by Gasteiger charge is 2.29. The van der Waals surface area contributed by atoms with Crippen LogP contribution in [-0.4, -0.2) is 25.3 Å². The number of rotatable bonds is 3. The number of allylic oxidation sites excluding steroid dienone is 2. The van der Waals surface area contributed by atoms with Crippen LogP contribution in [0.4, 0.5) is 0 Å². The summed E-state index contributed by atoms with van der Waals surface area (Å²) in [6.45, 7) is 6.12. The molecule has 3 heteroatoms. The number of aliphatic imine (C=N–C) groups is 2. The lowest BCUT2D eigenvalue weighted by molar-refractivity contribution is 0.0497. The van der Waals surface area contributed by atoms with Gasteiger partial charge in [0.2, 0.25) is 5.90 Å². The third-order valence-corrected chi connectivity index (χ3v) is 2.76. The van der Waals surface area contributed by atoms with Crippen LogP contribution in [0, 0.1) is 5.92 Å². The van der Waals surface area contributed by atoms with Crippen molar-refractivity contribution in [3.05, 3.63) is 11.8 Å². The lowest BCUT2D eigenvalue weighted by atomic mass is 9.83. The minimum absolute atomic E-state index is 0.325. The molecule has 3 nitrogen and oxygen atoms in total. The largest absolute Gasteiger partial charge is 0.473 e. The topological polar surface area (TPSA) is 34.0 Å². The van der Waals surface area contributed by atoms with Gasteiger partial charge in [-0.25, -0.2) is 4.99 Å². The lowest BCUT2D eigenvalue weighted by Gasteiger charge is -2.33. The molecular formula is C12H20N2O. The monoisotopic (exact) mass is 208 g/mol. The predicted octanol–water partition coefficient (Wildman–Crippen LogP) is 2.82. The Labute approximate surface area is 92.0 Å². The molecule has 0 aromatic rings. The molecule has 0 amide bonds. The van der Waals surface area contributed by atoms with Crippen LogP contribution < -0.4 is 0 Å². The van der Waals surface area contributed by atoms with E-state index in [0.29, 0.717) is 17.9 Å². The highest BCUT2D eigenvalue weighted by molar-refractivity contribution is 6.26. The van der Waals surface area contributed by atoms with Crippen molar-refractivity contribution in [2.45, 2.75) is 39.7 Å². The maximum Gasteiger partial charge on any atom is 0.232 e. The Morgan fingerprint density at radius 3 is 2.53 bits per heavy atom. The first-order valence-corrected chi connectivity index (χ1v) is 5.47. The summed E-state index contributed by atoms with van der Waals surface area (Å²) in [6, 6.07) is 0. The first-order valence-electron chi connectivity index (χ1n) is 5.47. The summed E-state index contributed by atoms with van der Waals surface area (Å²) in [5.74, 6) is 1.27. The summed E-state index contributed by atoms with van der Waals surface area (Å²) in [4.78, 5) is 8.30. The SMILES string of the molecule is C/C=C(\C)N=C(C=NC)OC1CCC1C. The summed E-state index contributed by atoms with van der Waals surface area (Å²) >= 11 is 0. The quantitative estimate of drug-likeness (QED) is 0.518. The fourth-order valence-corrected chi connectivity index (χ4v) is 1.40. The zero-order chi connectivity index (χ0) is 11.3. The zero-order valence-corrected chi connectivity index (χ0v) is 10.0. The molecule has 0 saturated heterocycles. The third-order valence-electron chi connectivity index (χ3n) is 2.76. The standard InChI is InChI=1S/C12H20N2O/c1-5-10(3)14-12(8-13-4)15-11-7-6-9(11)2/h5,8-9,11H,6-7H2,1-4H3/b10-5+,13-8?,14-12?. The zero-order valence-electron chi connectivity index (χ0n) is 10.0. The normalized spacial score (nSPS) is 28.0. The van der Waals surface area contributed by atoms with Crippen LogP contribution in [0.15, 0.2) is 21.8 Å². The van der Waals surface area contributed by atoms with Crippen molar-refractivity contribution in [2.24, 2.45) is 15.9 Å². The van der Waals surface area contributed by atoms with Crippen molar-refractivity contribution in [2.75, 3.05) is 7.05 Å². The summed E-state index contributed by atoms with van der Waals surface area (Å²) in [6.07, 6.45) is 6.34. The van der Waals surface area contributed by atoms with Gasteiger partial charge in [0.05, 0.1) is 6.21 Å². The summed E-state index contributed by atoms with van der Waals surface area (Å²) in [7, 11) is 1.73. The molecule has 1 aliphatic rings.